The number of amides is 2. The molecular formula is C25H28N2O2S. The number of benzene rings is 2. The Morgan fingerprint density at radius 3 is 2.40 bits per heavy atom. The first-order chi connectivity index (χ1) is 14.7. The Bertz CT molecular complexity index is 1000. The zero-order valence-corrected chi connectivity index (χ0v) is 18.1. The Morgan fingerprint density at radius 1 is 0.900 bits per heavy atom. The van der Waals surface area contributed by atoms with E-state index in [1.807, 2.05) is 12.1 Å². The molecule has 1 saturated carbocycles. The lowest BCUT2D eigenvalue weighted by Crippen LogP contribution is -2.34. The van der Waals surface area contributed by atoms with Gasteiger partial charge in [0, 0.05) is 30.7 Å². The average Bonchev–Trinajstić information content (AvgIpc) is 3.40. The fraction of sp³-hybridized carbons (Fsp3) is 0.440. The van der Waals surface area contributed by atoms with Gasteiger partial charge in [0.15, 0.2) is 0 Å². The third-order valence-corrected chi connectivity index (χ3v) is 7.61. The first kappa shape index (κ1) is 19.7. The molecule has 5 heteroatoms. The van der Waals surface area contributed by atoms with E-state index >= 15 is 0 Å². The normalized spacial score (nSPS) is 22.1. The molecular weight excluding hydrogens is 392 g/mol. The molecule has 156 valence electrons. The summed E-state index contributed by atoms with van der Waals surface area (Å²) in [4.78, 5) is 30.1. The molecule has 2 saturated heterocycles. The van der Waals surface area contributed by atoms with Crippen LogP contribution in [0.15, 0.2) is 41.3 Å². The fourth-order valence-electron chi connectivity index (χ4n) is 5.09. The van der Waals surface area contributed by atoms with E-state index in [-0.39, 0.29) is 11.1 Å². The van der Waals surface area contributed by atoms with Crippen molar-refractivity contribution in [1.29, 1.82) is 0 Å². The number of rotatable bonds is 4. The molecule has 2 heterocycles. The van der Waals surface area contributed by atoms with E-state index in [9.17, 15) is 9.59 Å². The molecule has 2 aromatic rings. The van der Waals surface area contributed by atoms with Gasteiger partial charge in [-0.15, -0.1) is 0 Å². The molecule has 0 bridgehead atoms. The molecule has 0 radical (unpaired) electrons. The summed E-state index contributed by atoms with van der Waals surface area (Å²) in [5.41, 5.74) is 2.28. The van der Waals surface area contributed by atoms with Crippen molar-refractivity contribution in [2.24, 2.45) is 5.92 Å². The van der Waals surface area contributed by atoms with Gasteiger partial charge in [-0.2, -0.15) is 0 Å². The Hall–Kier alpha value is -2.27. The molecule has 2 amide bonds. The smallest absolute Gasteiger partial charge is 0.293 e. The molecule has 0 spiro atoms. The van der Waals surface area contributed by atoms with E-state index in [1.54, 1.807) is 0 Å². The van der Waals surface area contributed by atoms with Gasteiger partial charge in [-0.1, -0.05) is 49.6 Å². The minimum Gasteiger partial charge on any atom is -0.371 e. The summed E-state index contributed by atoms with van der Waals surface area (Å²) in [7, 11) is 0. The maximum Gasteiger partial charge on any atom is 0.293 e. The fourth-order valence-corrected chi connectivity index (χ4v) is 5.93. The molecule has 0 atom stereocenters. The second kappa shape index (κ2) is 8.46. The van der Waals surface area contributed by atoms with Crippen LogP contribution >= 0.6 is 11.8 Å². The lowest BCUT2D eigenvalue weighted by atomic mass is 9.89. The number of carbonyl (C=O) groups is 2. The van der Waals surface area contributed by atoms with Crippen molar-refractivity contribution in [1.82, 2.24) is 4.90 Å². The average molecular weight is 421 g/mol. The second-order valence-electron chi connectivity index (χ2n) is 8.71. The molecule has 2 aliphatic heterocycles. The van der Waals surface area contributed by atoms with Gasteiger partial charge in [0.05, 0.1) is 4.91 Å². The number of imide groups is 1. The molecule has 0 N–H and O–H groups in total. The van der Waals surface area contributed by atoms with Crippen molar-refractivity contribution >= 4 is 45.4 Å². The maximum absolute atomic E-state index is 13.0. The topological polar surface area (TPSA) is 40.6 Å². The van der Waals surface area contributed by atoms with Crippen molar-refractivity contribution in [3.05, 3.63) is 46.9 Å². The van der Waals surface area contributed by atoms with Gasteiger partial charge in [-0.25, -0.2) is 0 Å². The van der Waals surface area contributed by atoms with Gasteiger partial charge in [-0.3, -0.25) is 14.5 Å². The van der Waals surface area contributed by atoms with Crippen molar-refractivity contribution < 1.29 is 9.59 Å². The van der Waals surface area contributed by atoms with Crippen molar-refractivity contribution in [3.8, 4) is 0 Å². The lowest BCUT2D eigenvalue weighted by Gasteiger charge is -2.25. The number of hydrogen-bond acceptors (Lipinski definition) is 4. The Balaban J connectivity index is 1.44. The zero-order chi connectivity index (χ0) is 20.5. The van der Waals surface area contributed by atoms with Crippen LogP contribution in [0.2, 0.25) is 0 Å². The minimum absolute atomic E-state index is 0.116. The van der Waals surface area contributed by atoms with Gasteiger partial charge in [0.2, 0.25) is 0 Å². The van der Waals surface area contributed by atoms with Crippen LogP contribution in [0.5, 0.6) is 0 Å². The predicted octanol–water partition coefficient (Wildman–Crippen LogP) is 6.06. The van der Waals surface area contributed by atoms with Gasteiger partial charge in [0.1, 0.15) is 0 Å². The Kier molecular flexibility index (Phi) is 5.55. The van der Waals surface area contributed by atoms with Crippen molar-refractivity contribution in [3.63, 3.8) is 0 Å². The highest BCUT2D eigenvalue weighted by Crippen LogP contribution is 2.37. The largest absolute Gasteiger partial charge is 0.371 e. The number of hydrogen-bond donors (Lipinski definition) is 0. The highest BCUT2D eigenvalue weighted by molar-refractivity contribution is 8.18. The molecule has 1 aliphatic carbocycles. The monoisotopic (exact) mass is 420 g/mol. The summed E-state index contributed by atoms with van der Waals surface area (Å²) in [5, 5.41) is 2.24. The molecule has 0 unspecified atom stereocenters. The molecule has 3 aliphatic rings. The van der Waals surface area contributed by atoms with Crippen molar-refractivity contribution in [2.45, 2.75) is 44.9 Å². The highest BCUT2D eigenvalue weighted by Gasteiger charge is 2.36. The maximum atomic E-state index is 13.0. The molecule has 0 aromatic heterocycles. The van der Waals surface area contributed by atoms with Crippen LogP contribution in [0.3, 0.4) is 0 Å². The van der Waals surface area contributed by atoms with Crippen molar-refractivity contribution in [2.75, 3.05) is 24.5 Å². The summed E-state index contributed by atoms with van der Waals surface area (Å²) >= 11 is 1.09. The summed E-state index contributed by atoms with van der Waals surface area (Å²) < 4.78 is 0. The third kappa shape index (κ3) is 3.76. The number of nitrogens with zero attached hydrogens (tertiary/aromatic N) is 2. The third-order valence-electron chi connectivity index (χ3n) is 6.71. The van der Waals surface area contributed by atoms with E-state index in [1.165, 1.54) is 48.1 Å². The molecule has 4 nitrogen and oxygen atoms in total. The first-order valence-corrected chi connectivity index (χ1v) is 12.0. The van der Waals surface area contributed by atoms with Crippen LogP contribution in [0.25, 0.3) is 16.8 Å². The summed E-state index contributed by atoms with van der Waals surface area (Å²) in [6, 6.07) is 12.7. The minimum atomic E-state index is -0.122. The molecule has 30 heavy (non-hydrogen) atoms. The Labute approximate surface area is 182 Å². The van der Waals surface area contributed by atoms with E-state index in [0.717, 1.165) is 48.6 Å². The number of fused-ring (bicyclic) bond motifs is 1. The second-order valence-corrected chi connectivity index (χ2v) is 9.70. The van der Waals surface area contributed by atoms with E-state index < -0.39 is 0 Å². The van der Waals surface area contributed by atoms with Gasteiger partial charge >= 0.3 is 0 Å². The molecule has 2 aromatic carbocycles. The SMILES string of the molecule is O=C1S/C(=C/c2ccc(N3CCCC3)c3ccccc23)C(=O)N1CC1CCCCC1. The van der Waals surface area contributed by atoms with Crippen LogP contribution < -0.4 is 4.90 Å². The highest BCUT2D eigenvalue weighted by atomic mass is 32.2. The number of thioether (sulfide) groups is 1. The molecule has 5 rings (SSSR count). The van der Waals surface area contributed by atoms with Crippen LogP contribution in [-0.4, -0.2) is 35.7 Å². The standard InChI is InChI=1S/C25H28N2O2S/c28-24-23(30-25(29)27(24)17-18-8-2-1-3-9-18)16-19-12-13-22(26-14-6-7-15-26)21-11-5-4-10-20(19)21/h4-5,10-13,16,18H,1-3,6-9,14-15,17H2/b23-16+. The van der Waals surface area contributed by atoms with Gasteiger partial charge in [0.25, 0.3) is 11.1 Å². The summed E-state index contributed by atoms with van der Waals surface area (Å²) in [5.74, 6) is 0.343. The van der Waals surface area contributed by atoms with Crippen LogP contribution in [-0.2, 0) is 4.79 Å². The van der Waals surface area contributed by atoms with Gasteiger partial charge in [-0.05, 0) is 66.5 Å². The van der Waals surface area contributed by atoms with Crippen LogP contribution in [0, 0.1) is 5.92 Å². The summed E-state index contributed by atoms with van der Waals surface area (Å²) in [6.07, 6.45) is 10.4. The quantitative estimate of drug-likeness (QED) is 0.564. The van der Waals surface area contributed by atoms with Crippen LogP contribution in [0.1, 0.15) is 50.5 Å². The molecule has 3 fully saturated rings. The zero-order valence-electron chi connectivity index (χ0n) is 17.3. The van der Waals surface area contributed by atoms with Crippen LogP contribution in [0.4, 0.5) is 10.5 Å². The number of anilines is 1. The number of carbonyl (C=O) groups excluding carboxylic acids is 2. The van der Waals surface area contributed by atoms with E-state index in [0.29, 0.717) is 17.4 Å². The predicted molar refractivity (Wildman–Crippen MR) is 125 cm³/mol. The van der Waals surface area contributed by atoms with E-state index in [4.69, 9.17) is 0 Å². The summed E-state index contributed by atoms with van der Waals surface area (Å²) in [6.45, 7) is 2.78. The van der Waals surface area contributed by atoms with E-state index in [2.05, 4.69) is 35.2 Å². The van der Waals surface area contributed by atoms with Gasteiger partial charge < -0.3 is 4.90 Å². The lowest BCUT2D eigenvalue weighted by molar-refractivity contribution is -0.123. The Morgan fingerprint density at radius 2 is 1.63 bits per heavy atom. The first-order valence-electron chi connectivity index (χ1n) is 11.2.